The molecule has 0 aromatic carbocycles. The zero-order valence-electron chi connectivity index (χ0n) is 4.93. The number of hydrogen-bond donors (Lipinski definition) is 0. The van der Waals surface area contributed by atoms with E-state index in [0.29, 0.717) is 0 Å². The molecule has 0 fully saturated rings. The molecule has 32 valence electrons. The van der Waals surface area contributed by atoms with E-state index >= 15 is 0 Å². The third-order valence-electron chi connectivity index (χ3n) is 0.0833. The van der Waals surface area contributed by atoms with Gasteiger partial charge >= 0.3 is 55.1 Å². The van der Waals surface area contributed by atoms with Crippen molar-refractivity contribution in [2.45, 2.75) is 0 Å². The zero-order chi connectivity index (χ0) is 4.12. The van der Waals surface area contributed by atoms with Crippen LogP contribution in [0.2, 0.25) is 0 Å². The minimum absolute atomic E-state index is 0. The molecule has 0 bridgehead atoms. The standard InChI is InChI=1S/Ca.H2O3P2.2H/c;1-4-3-5-2;;/h;4-5H;;/q2*+2;2*-1. The van der Waals surface area contributed by atoms with Gasteiger partial charge in [0.25, 0.3) is 0 Å². The average molecular weight is 154 g/mol. The van der Waals surface area contributed by atoms with Gasteiger partial charge in [-0.25, -0.2) is 0 Å². The Morgan fingerprint density at radius 3 is 1.67 bits per heavy atom. The van der Waals surface area contributed by atoms with Gasteiger partial charge in [0, 0.05) is 0 Å². The van der Waals surface area contributed by atoms with Crippen molar-refractivity contribution in [2.24, 2.45) is 0 Å². The van der Waals surface area contributed by atoms with Gasteiger partial charge in [-0.2, -0.15) is 0 Å². The molecule has 3 nitrogen and oxygen atoms in total. The van der Waals surface area contributed by atoms with Crippen LogP contribution < -0.4 is 0 Å². The summed E-state index contributed by atoms with van der Waals surface area (Å²) in [6.07, 6.45) is 0. The van der Waals surface area contributed by atoms with Crippen molar-refractivity contribution >= 4 is 55.1 Å². The molecule has 0 aliphatic rings. The molecule has 0 aliphatic carbocycles. The predicted octanol–water partition coefficient (Wildman–Crippen LogP) is 0.725. The molecule has 6 heavy (non-hydrogen) atoms. The minimum Gasteiger partial charge on any atom is -1.00 e. The molecule has 0 aliphatic heterocycles. The van der Waals surface area contributed by atoms with Gasteiger partial charge in [0.1, 0.15) is 4.31 Å². The summed E-state index contributed by atoms with van der Waals surface area (Å²) in [4.78, 5) is 0. The van der Waals surface area contributed by atoms with Crippen LogP contribution in [0, 0.1) is 0 Å². The first kappa shape index (κ1) is 10.4. The van der Waals surface area contributed by atoms with E-state index in [0.717, 1.165) is 0 Å². The van der Waals surface area contributed by atoms with Crippen LogP contribution in [-0.2, 0) is 13.4 Å². The molecule has 0 radical (unpaired) electrons. The van der Waals surface area contributed by atoms with E-state index in [4.69, 9.17) is 9.13 Å². The molecule has 0 saturated carbocycles. The predicted molar refractivity (Wildman–Crippen MR) is 27.1 cm³/mol. The average Bonchev–Trinajstić information content (AvgIpc) is 1.41. The van der Waals surface area contributed by atoms with Crippen LogP contribution in [0.1, 0.15) is 2.85 Å². The molecular formula is H4CaO3P2+2. The second-order valence-corrected chi connectivity index (χ2v) is 1.42. The van der Waals surface area contributed by atoms with Gasteiger partial charge < -0.3 is 2.85 Å². The van der Waals surface area contributed by atoms with Crippen LogP contribution in [-0.4, -0.2) is 37.7 Å². The van der Waals surface area contributed by atoms with E-state index in [-0.39, 0.29) is 40.6 Å². The summed E-state index contributed by atoms with van der Waals surface area (Å²) >= 11 is 0. The zero-order valence-corrected chi connectivity index (χ0v) is 7.14. The molecule has 0 atom stereocenters. The molecule has 0 saturated heterocycles. The molecule has 0 spiro atoms. The summed E-state index contributed by atoms with van der Waals surface area (Å²) in [6.45, 7) is 0. The molecule has 0 unspecified atom stereocenters. The van der Waals surface area contributed by atoms with E-state index in [1.165, 1.54) is 0 Å². The molecular weight excluding hydrogens is 150 g/mol. The smallest absolute Gasteiger partial charge is 1.00 e. The SMILES string of the molecule is O=[PH+]O[PH+]=O.[Ca+2].[H-].[H-]. The number of hydrogen-bond acceptors (Lipinski definition) is 3. The second kappa shape index (κ2) is 9.65. The monoisotopic (exact) mass is 154 g/mol. The molecule has 0 aromatic rings. The van der Waals surface area contributed by atoms with Crippen molar-refractivity contribution in [1.82, 2.24) is 0 Å². The maximum absolute atomic E-state index is 9.14. The molecule has 0 rings (SSSR count). The summed E-state index contributed by atoms with van der Waals surface area (Å²) in [5, 5.41) is 0. The van der Waals surface area contributed by atoms with Crippen LogP contribution in [0.15, 0.2) is 0 Å². The molecule has 0 heterocycles. The minimum atomic E-state index is -0.892. The quantitative estimate of drug-likeness (QED) is 0.434. The number of rotatable bonds is 2. The Bertz CT molecular complexity index is 44.5. The van der Waals surface area contributed by atoms with Gasteiger partial charge in [0.05, 0.1) is 0 Å². The van der Waals surface area contributed by atoms with Gasteiger partial charge in [0.2, 0.25) is 0 Å². The van der Waals surface area contributed by atoms with E-state index in [9.17, 15) is 0 Å². The first-order chi connectivity index (χ1) is 2.41. The van der Waals surface area contributed by atoms with Crippen LogP contribution in [0.25, 0.3) is 0 Å². The van der Waals surface area contributed by atoms with Crippen LogP contribution in [0.3, 0.4) is 0 Å². The fourth-order valence-corrected chi connectivity index (χ4v) is 0.153. The first-order valence-electron chi connectivity index (χ1n) is 0.816. The first-order valence-corrected chi connectivity index (χ1v) is 2.45. The molecule has 0 aromatic heterocycles. The third kappa shape index (κ3) is 9.05. The summed E-state index contributed by atoms with van der Waals surface area (Å²) in [6, 6.07) is 0. The summed E-state index contributed by atoms with van der Waals surface area (Å²) in [5.41, 5.74) is 0. The topological polar surface area (TPSA) is 43.4 Å². The Kier molecular flexibility index (Phi) is 16.7. The Morgan fingerprint density at radius 1 is 1.33 bits per heavy atom. The van der Waals surface area contributed by atoms with Gasteiger partial charge in [-0.3, -0.25) is 0 Å². The van der Waals surface area contributed by atoms with Crippen molar-refractivity contribution < 1.29 is 16.3 Å². The van der Waals surface area contributed by atoms with Crippen LogP contribution >= 0.6 is 17.4 Å². The normalized spacial score (nSPS) is 8.00. The van der Waals surface area contributed by atoms with Gasteiger partial charge in [-0.1, -0.05) is 0 Å². The molecule has 0 N–H and O–H groups in total. The van der Waals surface area contributed by atoms with Crippen molar-refractivity contribution in [2.75, 3.05) is 0 Å². The van der Waals surface area contributed by atoms with Crippen molar-refractivity contribution in [3.63, 3.8) is 0 Å². The van der Waals surface area contributed by atoms with Gasteiger partial charge in [-0.05, 0) is 9.13 Å². The van der Waals surface area contributed by atoms with E-state index in [1.54, 1.807) is 0 Å². The van der Waals surface area contributed by atoms with E-state index in [2.05, 4.69) is 4.31 Å². The van der Waals surface area contributed by atoms with Crippen LogP contribution in [0.5, 0.6) is 0 Å². The van der Waals surface area contributed by atoms with Gasteiger partial charge in [0.15, 0.2) is 0 Å². The molecule has 6 heteroatoms. The van der Waals surface area contributed by atoms with Crippen molar-refractivity contribution in [1.29, 1.82) is 0 Å². The van der Waals surface area contributed by atoms with Crippen LogP contribution in [0.4, 0.5) is 0 Å². The van der Waals surface area contributed by atoms with Crippen molar-refractivity contribution in [3.8, 4) is 0 Å². The second-order valence-electron chi connectivity index (χ2n) is 0.269. The maximum Gasteiger partial charge on any atom is 2.00 e. The fraction of sp³-hybridized carbons (Fsp3) is 0. The summed E-state index contributed by atoms with van der Waals surface area (Å²) in [5.74, 6) is 0. The molecule has 0 amide bonds. The summed E-state index contributed by atoms with van der Waals surface area (Å²) < 4.78 is 22.1. The van der Waals surface area contributed by atoms with Gasteiger partial charge in [-0.15, -0.1) is 0 Å². The largest absolute Gasteiger partial charge is 2.00 e. The van der Waals surface area contributed by atoms with Crippen molar-refractivity contribution in [3.05, 3.63) is 0 Å². The summed E-state index contributed by atoms with van der Waals surface area (Å²) in [7, 11) is -1.78. The Balaban J connectivity index is -0.0000000267. The Hall–Kier alpha value is 1.42. The fourth-order valence-electron chi connectivity index (χ4n) is 0.0170. The third-order valence-corrected chi connectivity index (χ3v) is 0.750. The van der Waals surface area contributed by atoms with E-state index < -0.39 is 17.4 Å². The van der Waals surface area contributed by atoms with E-state index in [1.807, 2.05) is 0 Å². The maximum atomic E-state index is 9.14. The Labute approximate surface area is 71.0 Å². The Morgan fingerprint density at radius 2 is 1.67 bits per heavy atom.